The highest BCUT2D eigenvalue weighted by Gasteiger charge is 2.11. The Morgan fingerprint density at radius 3 is 3.00 bits per heavy atom. The summed E-state index contributed by atoms with van der Waals surface area (Å²) in [5.74, 6) is -0.490. The van der Waals surface area contributed by atoms with Crippen LogP contribution in [0.15, 0.2) is 6.20 Å². The minimum Gasteiger partial charge on any atom is -0.476 e. The fraction of sp³-hybridized carbons (Fsp3) is 0.286. The topological polar surface area (TPSA) is 22.1 Å². The first kappa shape index (κ1) is 9.98. The van der Waals surface area contributed by atoms with E-state index in [4.69, 9.17) is 16.3 Å². The Bertz CT molecular complexity index is 295. The van der Waals surface area contributed by atoms with Gasteiger partial charge in [-0.05, 0) is 29.5 Å². The zero-order valence-electron chi connectivity index (χ0n) is 6.27. The molecule has 0 aliphatic carbocycles. The van der Waals surface area contributed by atoms with Gasteiger partial charge in [-0.25, -0.2) is 4.98 Å². The van der Waals surface area contributed by atoms with Crippen molar-refractivity contribution in [2.75, 3.05) is 6.61 Å². The molecule has 1 rings (SSSR count). The average Bonchev–Trinajstić information content (AvgIpc) is 2.07. The number of hydrogen-bond acceptors (Lipinski definition) is 2. The molecule has 0 amide bonds. The van der Waals surface area contributed by atoms with E-state index in [0.717, 1.165) is 0 Å². The summed E-state index contributed by atoms with van der Waals surface area (Å²) in [6, 6.07) is 0. The fourth-order valence-corrected chi connectivity index (χ4v) is 1.17. The fourth-order valence-electron chi connectivity index (χ4n) is 0.665. The standard InChI is InChI=1S/C7H6ClFINO/c1-2-12-7-5(9)6(10)4(8)3-11-7/h3H,2H2,1H3. The van der Waals surface area contributed by atoms with Crippen LogP contribution in [-0.4, -0.2) is 11.6 Å². The van der Waals surface area contributed by atoms with E-state index < -0.39 is 5.82 Å². The Labute approximate surface area is 88.2 Å². The summed E-state index contributed by atoms with van der Waals surface area (Å²) < 4.78 is 18.4. The van der Waals surface area contributed by atoms with Gasteiger partial charge in [-0.3, -0.25) is 0 Å². The van der Waals surface area contributed by atoms with Gasteiger partial charge in [0.2, 0.25) is 0 Å². The monoisotopic (exact) mass is 301 g/mol. The summed E-state index contributed by atoms with van der Waals surface area (Å²) in [6.45, 7) is 2.16. The summed E-state index contributed by atoms with van der Waals surface area (Å²) in [5.41, 5.74) is 0. The van der Waals surface area contributed by atoms with Crippen molar-refractivity contribution in [2.45, 2.75) is 6.92 Å². The molecular formula is C7H6ClFINO. The maximum Gasteiger partial charge on any atom is 0.251 e. The summed E-state index contributed by atoms with van der Waals surface area (Å²) >= 11 is 7.43. The molecule has 0 atom stereocenters. The zero-order chi connectivity index (χ0) is 9.14. The second kappa shape index (κ2) is 4.23. The third-order valence-electron chi connectivity index (χ3n) is 1.17. The Hall–Kier alpha value is -0.100. The van der Waals surface area contributed by atoms with Crippen molar-refractivity contribution in [1.82, 2.24) is 4.98 Å². The molecule has 5 heteroatoms. The van der Waals surface area contributed by atoms with E-state index >= 15 is 0 Å². The van der Waals surface area contributed by atoms with Gasteiger partial charge in [-0.15, -0.1) is 0 Å². The number of hydrogen-bond donors (Lipinski definition) is 0. The number of nitrogens with zero attached hydrogens (tertiary/aromatic N) is 1. The van der Waals surface area contributed by atoms with Crippen LogP contribution in [0.25, 0.3) is 0 Å². The van der Waals surface area contributed by atoms with E-state index in [2.05, 4.69) is 4.98 Å². The van der Waals surface area contributed by atoms with Crippen LogP contribution in [0.1, 0.15) is 6.92 Å². The van der Waals surface area contributed by atoms with Crippen LogP contribution in [0, 0.1) is 9.39 Å². The molecule has 0 aromatic carbocycles. The Kier molecular flexibility index (Phi) is 3.52. The number of aromatic nitrogens is 1. The summed E-state index contributed by atoms with van der Waals surface area (Å²) in [7, 11) is 0. The lowest BCUT2D eigenvalue weighted by Gasteiger charge is -2.04. The second-order valence-electron chi connectivity index (χ2n) is 1.97. The molecule has 0 saturated heterocycles. The second-order valence-corrected chi connectivity index (χ2v) is 3.46. The summed E-state index contributed by atoms with van der Waals surface area (Å²) in [4.78, 5) is 3.69. The van der Waals surface area contributed by atoms with Crippen molar-refractivity contribution in [3.05, 3.63) is 20.6 Å². The van der Waals surface area contributed by atoms with Crippen LogP contribution in [0.4, 0.5) is 4.39 Å². The Morgan fingerprint density at radius 2 is 2.42 bits per heavy atom. The molecule has 0 aliphatic heterocycles. The van der Waals surface area contributed by atoms with Crippen molar-refractivity contribution in [1.29, 1.82) is 0 Å². The first-order valence-electron chi connectivity index (χ1n) is 3.29. The van der Waals surface area contributed by atoms with Gasteiger partial charge in [0.15, 0.2) is 5.82 Å². The van der Waals surface area contributed by atoms with Gasteiger partial charge in [0.05, 0.1) is 21.4 Å². The summed E-state index contributed by atoms with van der Waals surface area (Å²) in [5, 5.41) is 0.302. The van der Waals surface area contributed by atoms with Gasteiger partial charge < -0.3 is 4.74 Å². The number of halogens is 3. The van der Waals surface area contributed by atoms with Crippen LogP contribution >= 0.6 is 34.2 Å². The maximum atomic E-state index is 13.2. The number of ether oxygens (including phenoxy) is 1. The highest BCUT2D eigenvalue weighted by atomic mass is 127. The van der Waals surface area contributed by atoms with Crippen LogP contribution in [0.5, 0.6) is 5.88 Å². The van der Waals surface area contributed by atoms with Crippen LogP contribution in [-0.2, 0) is 0 Å². The van der Waals surface area contributed by atoms with Gasteiger partial charge in [-0.1, -0.05) is 11.6 Å². The van der Waals surface area contributed by atoms with Crippen molar-refractivity contribution >= 4 is 34.2 Å². The first-order chi connectivity index (χ1) is 5.66. The Balaban J connectivity index is 3.08. The minimum absolute atomic E-state index is 0.00583. The molecule has 1 heterocycles. The highest BCUT2D eigenvalue weighted by molar-refractivity contribution is 14.1. The molecule has 0 aliphatic rings. The van der Waals surface area contributed by atoms with E-state index in [1.165, 1.54) is 6.20 Å². The molecule has 1 aromatic rings. The Morgan fingerprint density at radius 1 is 1.75 bits per heavy atom. The number of pyridine rings is 1. The van der Waals surface area contributed by atoms with Crippen LogP contribution in [0.3, 0.4) is 0 Å². The largest absolute Gasteiger partial charge is 0.476 e. The normalized spacial score (nSPS) is 10.0. The molecule has 66 valence electrons. The first-order valence-corrected chi connectivity index (χ1v) is 4.74. The predicted octanol–water partition coefficient (Wildman–Crippen LogP) is 2.88. The van der Waals surface area contributed by atoms with E-state index in [9.17, 15) is 4.39 Å². The SMILES string of the molecule is CCOc1ncc(Cl)c(I)c1F. The lowest BCUT2D eigenvalue weighted by atomic mass is 10.4. The third kappa shape index (κ3) is 1.98. The predicted molar refractivity (Wildman–Crippen MR) is 53.1 cm³/mol. The van der Waals surface area contributed by atoms with E-state index in [0.29, 0.717) is 15.2 Å². The molecular weight excluding hydrogens is 295 g/mol. The van der Waals surface area contributed by atoms with Crippen molar-refractivity contribution in [3.63, 3.8) is 0 Å². The third-order valence-corrected chi connectivity index (χ3v) is 2.83. The molecule has 0 radical (unpaired) electrons. The molecule has 0 N–H and O–H groups in total. The minimum atomic E-state index is -0.495. The lowest BCUT2D eigenvalue weighted by Crippen LogP contribution is -1.99. The molecule has 0 fully saturated rings. The zero-order valence-corrected chi connectivity index (χ0v) is 9.19. The van der Waals surface area contributed by atoms with Gasteiger partial charge in [0.25, 0.3) is 5.88 Å². The maximum absolute atomic E-state index is 13.2. The van der Waals surface area contributed by atoms with E-state index in [1.807, 2.05) is 22.6 Å². The van der Waals surface area contributed by atoms with Crippen molar-refractivity contribution in [2.24, 2.45) is 0 Å². The molecule has 12 heavy (non-hydrogen) atoms. The molecule has 0 saturated carbocycles. The van der Waals surface area contributed by atoms with Gasteiger partial charge >= 0.3 is 0 Å². The molecule has 0 bridgehead atoms. The highest BCUT2D eigenvalue weighted by Crippen LogP contribution is 2.25. The molecule has 2 nitrogen and oxygen atoms in total. The summed E-state index contributed by atoms with van der Waals surface area (Å²) in [6.07, 6.45) is 1.37. The van der Waals surface area contributed by atoms with Crippen LogP contribution in [0.2, 0.25) is 5.02 Å². The lowest BCUT2D eigenvalue weighted by molar-refractivity contribution is 0.306. The average molecular weight is 301 g/mol. The van der Waals surface area contributed by atoms with Gasteiger partial charge in [0.1, 0.15) is 0 Å². The smallest absolute Gasteiger partial charge is 0.251 e. The number of rotatable bonds is 2. The van der Waals surface area contributed by atoms with Crippen molar-refractivity contribution in [3.8, 4) is 5.88 Å². The quantitative estimate of drug-likeness (QED) is 0.784. The van der Waals surface area contributed by atoms with E-state index in [1.54, 1.807) is 6.92 Å². The van der Waals surface area contributed by atoms with E-state index in [-0.39, 0.29) is 5.88 Å². The van der Waals surface area contributed by atoms with Gasteiger partial charge in [-0.2, -0.15) is 4.39 Å². The molecule has 0 spiro atoms. The van der Waals surface area contributed by atoms with Crippen LogP contribution < -0.4 is 4.74 Å². The molecule has 1 aromatic heterocycles. The molecule has 0 unspecified atom stereocenters. The van der Waals surface area contributed by atoms with Crippen molar-refractivity contribution < 1.29 is 9.13 Å². The van der Waals surface area contributed by atoms with Gasteiger partial charge in [0, 0.05) is 0 Å².